The average Bonchev–Trinajstić information content (AvgIpc) is 2.30. The molecule has 1 aromatic heterocycles. The molecule has 0 aromatic carbocycles. The summed E-state index contributed by atoms with van der Waals surface area (Å²) in [5.74, 6) is 4.60. The van der Waals surface area contributed by atoms with Crippen molar-refractivity contribution < 1.29 is 13.9 Å². The van der Waals surface area contributed by atoms with Gasteiger partial charge in [0.2, 0.25) is 5.95 Å². The van der Waals surface area contributed by atoms with Crippen LogP contribution in [0.3, 0.4) is 0 Å². The fraction of sp³-hybridized carbons (Fsp3) is 0.273. The highest BCUT2D eigenvalue weighted by atomic mass is 32.1. The Bertz CT molecular complexity index is 451. The molecule has 0 N–H and O–H groups in total. The Hall–Kier alpha value is -1.54. The Kier molecular flexibility index (Phi) is 4.80. The Morgan fingerprint density at radius 3 is 3.06 bits per heavy atom. The van der Waals surface area contributed by atoms with Crippen LogP contribution in [0.2, 0.25) is 0 Å². The third-order valence-corrected chi connectivity index (χ3v) is 1.94. The summed E-state index contributed by atoms with van der Waals surface area (Å²) < 4.78 is 17.5. The van der Waals surface area contributed by atoms with E-state index in [9.17, 15) is 9.18 Å². The van der Waals surface area contributed by atoms with Gasteiger partial charge in [-0.25, -0.2) is 9.78 Å². The first-order valence-electron chi connectivity index (χ1n) is 4.52. The quantitative estimate of drug-likeness (QED) is 0.369. The minimum Gasteiger partial charge on any atom is -0.465 e. The van der Waals surface area contributed by atoms with Gasteiger partial charge in [-0.3, -0.25) is 0 Å². The van der Waals surface area contributed by atoms with Crippen molar-refractivity contribution in [1.29, 1.82) is 0 Å². The molecule has 0 saturated carbocycles. The molecule has 0 saturated heterocycles. The molecule has 3 nitrogen and oxygen atoms in total. The second-order valence-corrected chi connectivity index (χ2v) is 3.28. The zero-order chi connectivity index (χ0) is 12.0. The maximum Gasteiger partial charge on any atom is 0.342 e. The third kappa shape index (κ3) is 3.24. The number of carbonyl (C=O) groups excluding carboxylic acids is 1. The molecule has 5 heteroatoms. The van der Waals surface area contributed by atoms with E-state index in [1.807, 2.05) is 0 Å². The number of aromatic nitrogens is 1. The fourth-order valence-electron chi connectivity index (χ4n) is 0.990. The Labute approximate surface area is 98.4 Å². The van der Waals surface area contributed by atoms with Gasteiger partial charge in [0.05, 0.1) is 7.11 Å². The predicted octanol–water partition coefficient (Wildman–Crippen LogP) is 1.68. The molecule has 0 bridgehead atoms. The van der Waals surface area contributed by atoms with Crippen LogP contribution in [0.15, 0.2) is 12.3 Å². The SMILES string of the molecule is COC(=O)c1cc(C#CCCS)cnc1F. The second-order valence-electron chi connectivity index (χ2n) is 2.83. The molecule has 0 amide bonds. The lowest BCUT2D eigenvalue weighted by Gasteiger charge is -2.00. The van der Waals surface area contributed by atoms with Gasteiger partial charge >= 0.3 is 5.97 Å². The molecule has 0 radical (unpaired) electrons. The van der Waals surface area contributed by atoms with Crippen molar-refractivity contribution in [2.45, 2.75) is 6.42 Å². The van der Waals surface area contributed by atoms with Crippen molar-refractivity contribution in [2.24, 2.45) is 0 Å². The van der Waals surface area contributed by atoms with E-state index in [1.54, 1.807) is 0 Å². The summed E-state index contributed by atoms with van der Waals surface area (Å²) in [4.78, 5) is 14.6. The van der Waals surface area contributed by atoms with E-state index in [0.717, 1.165) is 0 Å². The molecule has 0 unspecified atom stereocenters. The molecule has 1 heterocycles. The lowest BCUT2D eigenvalue weighted by atomic mass is 10.2. The number of esters is 1. The van der Waals surface area contributed by atoms with Crippen LogP contribution in [0.4, 0.5) is 4.39 Å². The molecular weight excluding hydrogens is 229 g/mol. The van der Waals surface area contributed by atoms with E-state index in [-0.39, 0.29) is 5.56 Å². The van der Waals surface area contributed by atoms with Crippen LogP contribution in [0.25, 0.3) is 0 Å². The van der Waals surface area contributed by atoms with Crippen molar-refractivity contribution in [1.82, 2.24) is 4.98 Å². The molecule has 0 fully saturated rings. The first kappa shape index (κ1) is 12.5. The Morgan fingerprint density at radius 1 is 1.69 bits per heavy atom. The highest BCUT2D eigenvalue weighted by Gasteiger charge is 2.13. The van der Waals surface area contributed by atoms with E-state index in [1.165, 1.54) is 19.4 Å². The number of thiol groups is 1. The van der Waals surface area contributed by atoms with E-state index >= 15 is 0 Å². The maximum absolute atomic E-state index is 13.1. The van der Waals surface area contributed by atoms with Crippen molar-refractivity contribution >= 4 is 18.6 Å². The summed E-state index contributed by atoms with van der Waals surface area (Å²) in [6.07, 6.45) is 1.89. The standard InChI is InChI=1S/C11H10FNO2S/c1-15-11(14)9-6-8(4-2-3-5-16)7-13-10(9)12/h6-7,16H,3,5H2,1H3. The minimum atomic E-state index is -0.855. The van der Waals surface area contributed by atoms with Gasteiger partial charge in [0.1, 0.15) is 5.56 Å². The summed E-state index contributed by atoms with van der Waals surface area (Å²) in [6, 6.07) is 1.32. The number of hydrogen-bond acceptors (Lipinski definition) is 4. The molecule has 1 rings (SSSR count). The number of halogens is 1. The number of rotatable bonds is 2. The molecule has 0 aliphatic rings. The van der Waals surface area contributed by atoms with Gasteiger partial charge < -0.3 is 4.74 Å². The van der Waals surface area contributed by atoms with Gasteiger partial charge in [-0.2, -0.15) is 17.0 Å². The number of nitrogens with zero attached hydrogens (tertiary/aromatic N) is 1. The Balaban J connectivity index is 2.99. The summed E-state index contributed by atoms with van der Waals surface area (Å²) in [7, 11) is 1.18. The van der Waals surface area contributed by atoms with E-state index < -0.39 is 11.9 Å². The van der Waals surface area contributed by atoms with Gasteiger partial charge in [0, 0.05) is 23.9 Å². The van der Waals surface area contributed by atoms with Gasteiger partial charge in [0.15, 0.2) is 0 Å². The van der Waals surface area contributed by atoms with Crippen LogP contribution < -0.4 is 0 Å². The normalized spacial score (nSPS) is 9.19. The summed E-state index contributed by atoms with van der Waals surface area (Å²) >= 11 is 4.00. The summed E-state index contributed by atoms with van der Waals surface area (Å²) in [5.41, 5.74) is 0.267. The maximum atomic E-state index is 13.1. The molecule has 0 spiro atoms. The van der Waals surface area contributed by atoms with Crippen LogP contribution in [0, 0.1) is 17.8 Å². The monoisotopic (exact) mass is 239 g/mol. The largest absolute Gasteiger partial charge is 0.465 e. The van der Waals surface area contributed by atoms with Gasteiger partial charge in [0.25, 0.3) is 0 Å². The lowest BCUT2D eigenvalue weighted by molar-refractivity contribution is 0.0594. The van der Waals surface area contributed by atoms with Crippen molar-refractivity contribution in [3.63, 3.8) is 0 Å². The molecule has 16 heavy (non-hydrogen) atoms. The summed E-state index contributed by atoms with van der Waals surface area (Å²) in [6.45, 7) is 0. The third-order valence-electron chi connectivity index (χ3n) is 1.71. The zero-order valence-corrected chi connectivity index (χ0v) is 9.55. The van der Waals surface area contributed by atoms with Gasteiger partial charge in [-0.1, -0.05) is 11.8 Å². The predicted molar refractivity (Wildman–Crippen MR) is 60.9 cm³/mol. The first-order valence-corrected chi connectivity index (χ1v) is 5.16. The van der Waals surface area contributed by atoms with E-state index in [0.29, 0.717) is 17.7 Å². The van der Waals surface area contributed by atoms with Crippen LogP contribution in [-0.4, -0.2) is 23.8 Å². The Morgan fingerprint density at radius 2 is 2.44 bits per heavy atom. The van der Waals surface area contributed by atoms with Gasteiger partial charge in [-0.05, 0) is 6.07 Å². The number of methoxy groups -OCH3 is 1. The van der Waals surface area contributed by atoms with Crippen molar-refractivity contribution in [2.75, 3.05) is 12.9 Å². The molecule has 0 aliphatic carbocycles. The van der Waals surface area contributed by atoms with Crippen molar-refractivity contribution in [3.8, 4) is 11.8 Å². The number of carbonyl (C=O) groups is 1. The van der Waals surface area contributed by atoms with Crippen LogP contribution in [0.1, 0.15) is 22.3 Å². The highest BCUT2D eigenvalue weighted by Crippen LogP contribution is 2.08. The van der Waals surface area contributed by atoms with Crippen LogP contribution >= 0.6 is 12.6 Å². The zero-order valence-electron chi connectivity index (χ0n) is 8.66. The van der Waals surface area contributed by atoms with E-state index in [2.05, 4.69) is 34.2 Å². The second kappa shape index (κ2) is 6.13. The minimum absolute atomic E-state index is 0.208. The highest BCUT2D eigenvalue weighted by molar-refractivity contribution is 7.80. The topological polar surface area (TPSA) is 39.2 Å². The molecule has 0 atom stereocenters. The molecule has 0 aliphatic heterocycles. The van der Waals surface area contributed by atoms with Crippen molar-refractivity contribution in [3.05, 3.63) is 29.3 Å². The number of pyridine rings is 1. The number of ether oxygens (including phenoxy) is 1. The molecule has 1 aromatic rings. The fourth-order valence-corrected chi connectivity index (χ4v) is 1.10. The average molecular weight is 239 g/mol. The lowest BCUT2D eigenvalue weighted by Crippen LogP contribution is -2.06. The molecular formula is C11H10FNO2S. The van der Waals surface area contributed by atoms with Crippen LogP contribution in [-0.2, 0) is 4.74 Å². The smallest absolute Gasteiger partial charge is 0.342 e. The number of hydrogen-bond donors (Lipinski definition) is 1. The molecule has 84 valence electrons. The first-order chi connectivity index (χ1) is 7.69. The van der Waals surface area contributed by atoms with Crippen LogP contribution in [0.5, 0.6) is 0 Å². The van der Waals surface area contributed by atoms with Gasteiger partial charge in [-0.15, -0.1) is 0 Å². The summed E-state index contributed by atoms with van der Waals surface area (Å²) in [5, 5.41) is 0. The van der Waals surface area contributed by atoms with E-state index in [4.69, 9.17) is 0 Å².